The summed E-state index contributed by atoms with van der Waals surface area (Å²) in [6, 6.07) is 25.0. The Morgan fingerprint density at radius 2 is 0.867 bits per heavy atom. The van der Waals surface area contributed by atoms with Crippen LogP contribution in [0.4, 0.5) is 0 Å². The van der Waals surface area contributed by atoms with E-state index >= 15 is 0 Å². The molecule has 0 atom stereocenters. The Morgan fingerprint density at radius 3 is 0.933 bits per heavy atom. The van der Waals surface area contributed by atoms with Crippen LogP contribution in [-0.4, -0.2) is 0 Å². The average molecular weight is 405 g/mol. The number of rotatable bonds is 0. The fourth-order valence-corrected chi connectivity index (χ4v) is 0.684. The molecule has 3 heteroatoms. The summed E-state index contributed by atoms with van der Waals surface area (Å²) in [7, 11) is 0. The van der Waals surface area contributed by atoms with E-state index in [-0.39, 0.29) is 18.5 Å². The molecule has 0 nitrogen and oxygen atoms in total. The molecule has 0 amide bonds. The Hall–Kier alpha value is 0.283. The predicted molar refractivity (Wildman–Crippen MR) is 68.4 cm³/mol. The van der Waals surface area contributed by atoms with Crippen molar-refractivity contribution in [3.8, 4) is 0 Å². The van der Waals surface area contributed by atoms with Gasteiger partial charge in [-0.05, 0) is 0 Å². The molecule has 0 bridgehead atoms. The summed E-state index contributed by atoms with van der Waals surface area (Å²) in [5.41, 5.74) is 0. The second-order valence-corrected chi connectivity index (χ2v) is 13.6. The first-order chi connectivity index (χ1) is 7.41. The van der Waals surface area contributed by atoms with Crippen LogP contribution in [-0.2, 0) is 18.5 Å². The molecule has 0 unspecified atom stereocenters. The number of halogens is 2. The summed E-state index contributed by atoms with van der Waals surface area (Å²) in [5.74, 6) is 0. The van der Waals surface area contributed by atoms with Gasteiger partial charge >= 0.3 is 43.0 Å². The van der Waals surface area contributed by atoms with Crippen molar-refractivity contribution in [1.29, 1.82) is 0 Å². The van der Waals surface area contributed by atoms with Gasteiger partial charge in [0.15, 0.2) is 0 Å². The zero-order valence-electron chi connectivity index (χ0n) is 8.03. The molecule has 0 aliphatic rings. The van der Waals surface area contributed by atoms with E-state index < -0.39 is 0 Å². The van der Waals surface area contributed by atoms with Gasteiger partial charge in [-0.3, -0.25) is 0 Å². The second-order valence-electron chi connectivity index (χ2n) is 2.23. The van der Waals surface area contributed by atoms with E-state index in [9.17, 15) is 0 Å². The van der Waals surface area contributed by atoms with Gasteiger partial charge in [-0.15, -0.1) is 0 Å². The van der Waals surface area contributed by atoms with Gasteiger partial charge in [-0.1, -0.05) is 0 Å². The third-order valence-electron chi connectivity index (χ3n) is 1.21. The molecular weight excluding hydrogens is 395 g/mol. The van der Waals surface area contributed by atoms with Crippen molar-refractivity contribution in [2.45, 2.75) is 0 Å². The second kappa shape index (κ2) is 14.3. The van der Waals surface area contributed by atoms with Gasteiger partial charge in [-0.25, -0.2) is 0 Å². The first-order valence-electron chi connectivity index (χ1n) is 4.20. The van der Waals surface area contributed by atoms with Gasteiger partial charge in [0.05, 0.1) is 0 Å². The minimum absolute atomic E-state index is 0.145. The van der Waals surface area contributed by atoms with E-state index in [0.717, 1.165) is 0 Å². The minimum atomic E-state index is -0.145. The Kier molecular flexibility index (Phi) is 14.6. The van der Waals surface area contributed by atoms with Crippen LogP contribution < -0.4 is 0 Å². The van der Waals surface area contributed by atoms with Crippen LogP contribution in [0.5, 0.6) is 0 Å². The number of hydrogen-bond acceptors (Lipinski definition) is 0. The van der Waals surface area contributed by atoms with Crippen molar-refractivity contribution >= 4 is 24.4 Å². The van der Waals surface area contributed by atoms with Crippen LogP contribution >= 0.6 is 24.4 Å². The molecule has 0 saturated carbocycles. The van der Waals surface area contributed by atoms with E-state index in [4.69, 9.17) is 0 Å². The molecule has 0 heterocycles. The van der Waals surface area contributed by atoms with Crippen molar-refractivity contribution in [1.82, 2.24) is 0 Å². The quantitative estimate of drug-likeness (QED) is 0.560. The number of benzene rings is 2. The molecule has 76 valence electrons. The summed E-state index contributed by atoms with van der Waals surface area (Å²) in [6.45, 7) is 0. The third-order valence-corrected chi connectivity index (χ3v) is 1.21. The zero-order chi connectivity index (χ0) is 11.2. The van der Waals surface area contributed by atoms with Crippen LogP contribution in [0, 0.1) is 12.1 Å². The molecule has 0 N–H and O–H groups in total. The Morgan fingerprint density at radius 1 is 0.600 bits per heavy atom. The summed E-state index contributed by atoms with van der Waals surface area (Å²) in [6.07, 6.45) is 0. The van der Waals surface area contributed by atoms with E-state index in [1.165, 1.54) is 0 Å². The first kappa shape index (κ1) is 15.3. The molecule has 0 aromatic heterocycles. The van der Waals surface area contributed by atoms with Crippen molar-refractivity contribution in [2.24, 2.45) is 0 Å². The Labute approximate surface area is 115 Å². The van der Waals surface area contributed by atoms with Crippen LogP contribution in [0.25, 0.3) is 0 Å². The Bertz CT molecular complexity index is 202. The smallest absolute Gasteiger partial charge is 0.171 e. The maximum absolute atomic E-state index is 3.23. The third kappa shape index (κ3) is 14.3. The maximum Gasteiger partial charge on any atom is -0.171 e. The van der Waals surface area contributed by atoms with Crippen LogP contribution in [0.3, 0.4) is 0 Å². The van der Waals surface area contributed by atoms with E-state index in [2.05, 4.69) is 36.6 Å². The van der Waals surface area contributed by atoms with E-state index in [1.54, 1.807) is 0 Å². The molecule has 0 aliphatic heterocycles. The van der Waals surface area contributed by atoms with Gasteiger partial charge in [0, 0.05) is 0 Å². The fraction of sp³-hybridized carbons (Fsp3) is 0. The normalized spacial score (nSPS) is 7.07. The summed E-state index contributed by atoms with van der Waals surface area (Å²) in [5, 5.41) is 0. The molecule has 2 aromatic rings. The van der Waals surface area contributed by atoms with Crippen LogP contribution in [0.1, 0.15) is 0 Å². The van der Waals surface area contributed by atoms with Crippen molar-refractivity contribution in [3.63, 3.8) is 0 Å². The first-order valence-corrected chi connectivity index (χ1v) is 15.4. The fourth-order valence-electron chi connectivity index (χ4n) is 0.684. The molecular formula is C12H10Br2Zr. The van der Waals surface area contributed by atoms with Gasteiger partial charge < -0.3 is 0 Å². The molecule has 2 rings (SSSR count). The standard InChI is InChI=1S/2C6H5.2BrH.Zr/c2*1-2-4-6-5-3-1;;;/h2*1-5H;2*1H;/q2*-1;;;+4/p-2. The van der Waals surface area contributed by atoms with E-state index in [0.29, 0.717) is 0 Å². The van der Waals surface area contributed by atoms with Gasteiger partial charge in [0.2, 0.25) is 0 Å². The largest absolute Gasteiger partial charge is 0.184 e. The molecule has 0 aliphatic carbocycles. The maximum atomic E-state index is 3.23. The monoisotopic (exact) mass is 402 g/mol. The van der Waals surface area contributed by atoms with Crippen molar-refractivity contribution in [2.75, 3.05) is 0 Å². The summed E-state index contributed by atoms with van der Waals surface area (Å²) >= 11 is 6.32. The minimum Gasteiger partial charge on any atom is -0.184 e. The van der Waals surface area contributed by atoms with Gasteiger partial charge in [0.1, 0.15) is 0 Å². The van der Waals surface area contributed by atoms with Crippen LogP contribution in [0.15, 0.2) is 60.7 Å². The summed E-state index contributed by atoms with van der Waals surface area (Å²) in [4.78, 5) is 0. The zero-order valence-corrected chi connectivity index (χ0v) is 13.7. The summed E-state index contributed by atoms with van der Waals surface area (Å²) < 4.78 is 0. The van der Waals surface area contributed by atoms with Crippen molar-refractivity contribution < 1.29 is 18.5 Å². The SMILES string of the molecule is [Br][Zr+2][Br].[c-]1ccccc1.[c-]1ccccc1. The molecule has 0 spiro atoms. The van der Waals surface area contributed by atoms with Crippen molar-refractivity contribution in [3.05, 3.63) is 72.8 Å². The number of hydrogen-bond donors (Lipinski definition) is 0. The average Bonchev–Trinajstić information content (AvgIpc) is 2.35. The topological polar surface area (TPSA) is 0 Å². The Balaban J connectivity index is 0.000000210. The molecule has 0 radical (unpaired) electrons. The molecule has 15 heavy (non-hydrogen) atoms. The van der Waals surface area contributed by atoms with Gasteiger partial charge in [0.25, 0.3) is 0 Å². The van der Waals surface area contributed by atoms with Gasteiger partial charge in [-0.2, -0.15) is 72.8 Å². The van der Waals surface area contributed by atoms with Crippen LogP contribution in [0.2, 0.25) is 0 Å². The van der Waals surface area contributed by atoms with E-state index in [1.807, 2.05) is 60.7 Å². The molecule has 2 aromatic carbocycles. The molecule has 0 saturated heterocycles. The molecule has 0 fully saturated rings. The predicted octanol–water partition coefficient (Wildman–Crippen LogP) is 4.66.